The van der Waals surface area contributed by atoms with Crippen molar-refractivity contribution in [2.75, 3.05) is 18.0 Å². The van der Waals surface area contributed by atoms with Crippen LogP contribution in [0.25, 0.3) is 0 Å². The van der Waals surface area contributed by atoms with Crippen LogP contribution in [0.3, 0.4) is 0 Å². The van der Waals surface area contributed by atoms with E-state index in [1.54, 1.807) is 12.1 Å². The molecule has 0 saturated heterocycles. The van der Waals surface area contributed by atoms with Crippen molar-refractivity contribution < 1.29 is 9.72 Å². The lowest BCUT2D eigenvalue weighted by molar-refractivity contribution is -0.384. The largest absolute Gasteiger partial charge is 0.306 e. The van der Waals surface area contributed by atoms with Crippen molar-refractivity contribution >= 4 is 23.5 Å². The van der Waals surface area contributed by atoms with Crippen LogP contribution in [0.1, 0.15) is 0 Å². The molecule has 0 bridgehead atoms. The van der Waals surface area contributed by atoms with Gasteiger partial charge in [-0.25, -0.2) is 0 Å². The fraction of sp³-hybridized carbons (Fsp3) is 0.200. The molecule has 6 nitrogen and oxygen atoms in total. The first kappa shape index (κ1) is 10.3. The third-order valence-corrected chi connectivity index (χ3v) is 2.29. The molecule has 0 spiro atoms. The minimum Gasteiger partial charge on any atom is -0.306 e. The van der Waals surface area contributed by atoms with E-state index < -0.39 is 4.92 Å². The zero-order valence-corrected chi connectivity index (χ0v) is 8.37. The van der Waals surface area contributed by atoms with Gasteiger partial charge in [-0.1, -0.05) is 0 Å². The maximum absolute atomic E-state index is 11.5. The Balaban J connectivity index is 2.24. The van der Waals surface area contributed by atoms with Crippen LogP contribution >= 0.6 is 0 Å². The molecule has 1 aliphatic rings. The van der Waals surface area contributed by atoms with Gasteiger partial charge >= 0.3 is 0 Å². The van der Waals surface area contributed by atoms with E-state index >= 15 is 0 Å². The van der Waals surface area contributed by atoms with E-state index in [0.717, 1.165) is 0 Å². The van der Waals surface area contributed by atoms with Crippen molar-refractivity contribution in [1.29, 1.82) is 0 Å². The number of hydrogen-bond donors (Lipinski definition) is 0. The summed E-state index contributed by atoms with van der Waals surface area (Å²) >= 11 is 0. The monoisotopic (exact) mass is 219 g/mol. The molecule has 2 rings (SSSR count). The lowest BCUT2D eigenvalue weighted by Gasteiger charge is -2.22. The first-order valence-corrected chi connectivity index (χ1v) is 4.74. The van der Waals surface area contributed by atoms with Gasteiger partial charge in [-0.15, -0.1) is 0 Å². The van der Waals surface area contributed by atoms with Gasteiger partial charge in [0.1, 0.15) is 0 Å². The predicted molar refractivity (Wildman–Crippen MR) is 58.8 cm³/mol. The van der Waals surface area contributed by atoms with Gasteiger partial charge < -0.3 is 4.90 Å². The maximum Gasteiger partial charge on any atom is 0.269 e. The third kappa shape index (κ3) is 1.90. The van der Waals surface area contributed by atoms with Crippen molar-refractivity contribution in [1.82, 2.24) is 0 Å². The number of hydrogen-bond acceptors (Lipinski definition) is 4. The Morgan fingerprint density at radius 2 is 2.00 bits per heavy atom. The SMILES string of the molecule is O=C1C=NCCN1c1ccc([N+](=O)[O-])cc1. The predicted octanol–water partition coefficient (Wildman–Crippen LogP) is 1.01. The van der Waals surface area contributed by atoms with E-state index in [4.69, 9.17) is 0 Å². The number of rotatable bonds is 2. The first-order chi connectivity index (χ1) is 7.68. The normalized spacial score (nSPS) is 15.2. The van der Waals surface area contributed by atoms with Crippen LogP contribution in [0.4, 0.5) is 11.4 Å². The van der Waals surface area contributed by atoms with Gasteiger partial charge in [-0.05, 0) is 12.1 Å². The van der Waals surface area contributed by atoms with Crippen molar-refractivity contribution in [3.8, 4) is 0 Å². The summed E-state index contributed by atoms with van der Waals surface area (Å²) < 4.78 is 0. The molecule has 1 aromatic rings. The molecule has 16 heavy (non-hydrogen) atoms. The van der Waals surface area contributed by atoms with Crippen molar-refractivity contribution in [3.63, 3.8) is 0 Å². The minimum atomic E-state index is -0.469. The molecule has 82 valence electrons. The number of carbonyl (C=O) groups is 1. The van der Waals surface area contributed by atoms with Gasteiger partial charge in [0.25, 0.3) is 11.6 Å². The molecule has 0 unspecified atom stereocenters. The van der Waals surface area contributed by atoms with Gasteiger partial charge in [-0.3, -0.25) is 19.9 Å². The van der Waals surface area contributed by atoms with E-state index in [9.17, 15) is 14.9 Å². The highest BCUT2D eigenvalue weighted by atomic mass is 16.6. The number of nitro benzene ring substituents is 1. The van der Waals surface area contributed by atoms with Gasteiger partial charge in [0.15, 0.2) is 0 Å². The number of nitro groups is 1. The summed E-state index contributed by atoms with van der Waals surface area (Å²) in [5.41, 5.74) is 0.670. The summed E-state index contributed by atoms with van der Waals surface area (Å²) in [4.78, 5) is 26.8. The minimum absolute atomic E-state index is 0.0156. The quantitative estimate of drug-likeness (QED) is 0.550. The number of carbonyl (C=O) groups excluding carboxylic acids is 1. The Morgan fingerprint density at radius 3 is 2.56 bits per heavy atom. The van der Waals surface area contributed by atoms with Crippen LogP contribution in [-0.2, 0) is 4.79 Å². The summed E-state index contributed by atoms with van der Waals surface area (Å²) in [7, 11) is 0. The van der Waals surface area contributed by atoms with Crippen LogP contribution < -0.4 is 4.90 Å². The Bertz CT molecular complexity index is 453. The van der Waals surface area contributed by atoms with Crippen LogP contribution in [0.5, 0.6) is 0 Å². The first-order valence-electron chi connectivity index (χ1n) is 4.74. The summed E-state index contributed by atoms with van der Waals surface area (Å²) in [5, 5.41) is 10.5. The fourth-order valence-corrected chi connectivity index (χ4v) is 1.49. The van der Waals surface area contributed by atoms with Crippen LogP contribution in [-0.4, -0.2) is 30.1 Å². The second kappa shape index (κ2) is 4.09. The Kier molecular flexibility index (Phi) is 2.63. The second-order valence-corrected chi connectivity index (χ2v) is 3.30. The Labute approximate surface area is 91.4 Å². The topological polar surface area (TPSA) is 75.8 Å². The summed E-state index contributed by atoms with van der Waals surface area (Å²) in [6.07, 6.45) is 1.27. The number of amides is 1. The van der Waals surface area contributed by atoms with Crippen molar-refractivity contribution in [2.24, 2.45) is 4.99 Å². The molecule has 0 N–H and O–H groups in total. The van der Waals surface area contributed by atoms with Crippen LogP contribution in [0, 0.1) is 10.1 Å². The van der Waals surface area contributed by atoms with E-state index in [1.807, 2.05) is 0 Å². The number of aliphatic imine (C=N–C) groups is 1. The third-order valence-electron chi connectivity index (χ3n) is 2.29. The number of nitrogens with zero attached hydrogens (tertiary/aromatic N) is 3. The lowest BCUT2D eigenvalue weighted by Crippen LogP contribution is -2.37. The van der Waals surface area contributed by atoms with E-state index in [0.29, 0.717) is 18.8 Å². The van der Waals surface area contributed by atoms with Crippen LogP contribution in [0.2, 0.25) is 0 Å². The highest BCUT2D eigenvalue weighted by Gasteiger charge is 2.17. The van der Waals surface area contributed by atoms with Crippen LogP contribution in [0.15, 0.2) is 29.3 Å². The molecule has 1 heterocycles. The van der Waals surface area contributed by atoms with Gasteiger partial charge in [0.2, 0.25) is 0 Å². The number of anilines is 1. The van der Waals surface area contributed by atoms with E-state index in [1.165, 1.54) is 23.2 Å². The number of benzene rings is 1. The average molecular weight is 219 g/mol. The molecule has 1 aliphatic heterocycles. The molecule has 1 amide bonds. The van der Waals surface area contributed by atoms with Crippen molar-refractivity contribution in [3.05, 3.63) is 34.4 Å². The molecular formula is C10H9N3O3. The maximum atomic E-state index is 11.5. The molecule has 0 radical (unpaired) electrons. The van der Waals surface area contributed by atoms with Crippen molar-refractivity contribution in [2.45, 2.75) is 0 Å². The standard InChI is InChI=1S/C10H9N3O3/c14-10-7-11-5-6-12(10)8-1-3-9(4-2-8)13(15)16/h1-4,7H,5-6H2. The number of non-ortho nitro benzene ring substituents is 1. The zero-order chi connectivity index (χ0) is 11.5. The molecular weight excluding hydrogens is 210 g/mol. The summed E-state index contributed by atoms with van der Waals surface area (Å²) in [6, 6.07) is 5.90. The zero-order valence-electron chi connectivity index (χ0n) is 8.37. The second-order valence-electron chi connectivity index (χ2n) is 3.30. The van der Waals surface area contributed by atoms with Gasteiger partial charge in [-0.2, -0.15) is 0 Å². The molecule has 1 aromatic carbocycles. The molecule has 0 saturated carbocycles. The smallest absolute Gasteiger partial charge is 0.269 e. The molecule has 0 fully saturated rings. The molecule has 0 aromatic heterocycles. The highest BCUT2D eigenvalue weighted by molar-refractivity contribution is 6.33. The summed E-state index contributed by atoms with van der Waals surface area (Å²) in [5.74, 6) is -0.194. The Morgan fingerprint density at radius 1 is 1.31 bits per heavy atom. The van der Waals surface area contributed by atoms with E-state index in [2.05, 4.69) is 4.99 Å². The molecule has 6 heteroatoms. The average Bonchev–Trinajstić information content (AvgIpc) is 2.30. The molecule has 0 atom stereocenters. The Hall–Kier alpha value is -2.24. The molecule has 0 aliphatic carbocycles. The van der Waals surface area contributed by atoms with E-state index in [-0.39, 0.29) is 11.6 Å². The summed E-state index contributed by atoms with van der Waals surface area (Å²) in [6.45, 7) is 1.07. The van der Waals surface area contributed by atoms with Gasteiger partial charge in [0.05, 0.1) is 17.7 Å². The lowest BCUT2D eigenvalue weighted by atomic mass is 10.2. The van der Waals surface area contributed by atoms with Gasteiger partial charge in [0, 0.05) is 24.4 Å². The fourth-order valence-electron chi connectivity index (χ4n) is 1.49. The highest BCUT2D eigenvalue weighted by Crippen LogP contribution is 2.19.